The minimum atomic E-state index is -0.775. The smallest absolute Gasteiger partial charge is 0.254 e. The van der Waals surface area contributed by atoms with Crippen molar-refractivity contribution in [2.75, 3.05) is 6.54 Å². The number of halogens is 1. The Morgan fingerprint density at radius 1 is 1.56 bits per heavy atom. The van der Waals surface area contributed by atoms with Gasteiger partial charge < -0.3 is 15.7 Å². The van der Waals surface area contributed by atoms with E-state index >= 15 is 0 Å². The Morgan fingerprint density at radius 2 is 2.33 bits per heavy atom. The van der Waals surface area contributed by atoms with E-state index in [2.05, 4.69) is 10.6 Å². The van der Waals surface area contributed by atoms with Crippen molar-refractivity contribution in [3.8, 4) is 5.75 Å². The number of amides is 2. The van der Waals surface area contributed by atoms with Gasteiger partial charge in [0.05, 0.1) is 5.56 Å². The van der Waals surface area contributed by atoms with Gasteiger partial charge in [-0.15, -0.1) is 0 Å². The van der Waals surface area contributed by atoms with Crippen LogP contribution in [0.15, 0.2) is 18.2 Å². The lowest BCUT2D eigenvalue weighted by Gasteiger charge is -2.11. The fourth-order valence-corrected chi connectivity index (χ4v) is 1.83. The lowest BCUT2D eigenvalue weighted by molar-refractivity contribution is -0.119. The van der Waals surface area contributed by atoms with Crippen molar-refractivity contribution < 1.29 is 19.1 Å². The molecule has 1 heterocycles. The highest BCUT2D eigenvalue weighted by atomic mass is 19.1. The number of aromatic hydroxyl groups is 1. The minimum Gasteiger partial charge on any atom is -0.508 e. The van der Waals surface area contributed by atoms with Gasteiger partial charge in [0, 0.05) is 25.1 Å². The third-order valence-corrected chi connectivity index (χ3v) is 2.79. The van der Waals surface area contributed by atoms with E-state index in [1.54, 1.807) is 0 Å². The third-order valence-electron chi connectivity index (χ3n) is 2.79. The Hall–Kier alpha value is -2.11. The van der Waals surface area contributed by atoms with Crippen LogP contribution in [0.2, 0.25) is 0 Å². The number of carbonyl (C=O) groups is 2. The van der Waals surface area contributed by atoms with Crippen molar-refractivity contribution >= 4 is 11.8 Å². The number of phenols is 1. The predicted molar refractivity (Wildman–Crippen MR) is 61.6 cm³/mol. The molecule has 0 saturated carbocycles. The van der Waals surface area contributed by atoms with E-state index in [-0.39, 0.29) is 29.8 Å². The lowest BCUT2D eigenvalue weighted by atomic mass is 10.1. The highest BCUT2D eigenvalue weighted by Gasteiger charge is 2.21. The summed E-state index contributed by atoms with van der Waals surface area (Å²) in [6.07, 6.45) is 1.12. The van der Waals surface area contributed by atoms with Crippen molar-refractivity contribution in [2.45, 2.75) is 18.9 Å². The summed E-state index contributed by atoms with van der Waals surface area (Å²) in [6, 6.07) is 3.25. The second-order valence-corrected chi connectivity index (χ2v) is 4.18. The van der Waals surface area contributed by atoms with E-state index in [1.165, 1.54) is 12.1 Å². The maximum Gasteiger partial charge on any atom is 0.254 e. The van der Waals surface area contributed by atoms with Crippen molar-refractivity contribution in [3.05, 3.63) is 29.6 Å². The maximum atomic E-state index is 13.4. The van der Waals surface area contributed by atoms with Crippen molar-refractivity contribution in [2.24, 2.45) is 0 Å². The van der Waals surface area contributed by atoms with Gasteiger partial charge in [0.25, 0.3) is 5.91 Å². The second-order valence-electron chi connectivity index (χ2n) is 4.18. The topological polar surface area (TPSA) is 78.4 Å². The molecule has 1 aliphatic rings. The lowest BCUT2D eigenvalue weighted by Crippen LogP contribution is -2.38. The van der Waals surface area contributed by atoms with Gasteiger partial charge in [-0.05, 0) is 18.6 Å². The first-order chi connectivity index (χ1) is 8.56. The summed E-state index contributed by atoms with van der Waals surface area (Å²) in [5.74, 6) is -1.60. The molecule has 2 rings (SSSR count). The molecule has 5 nitrogen and oxygen atoms in total. The van der Waals surface area contributed by atoms with Crippen molar-refractivity contribution in [1.29, 1.82) is 0 Å². The molecule has 1 saturated heterocycles. The average molecular weight is 252 g/mol. The van der Waals surface area contributed by atoms with Crippen molar-refractivity contribution in [3.63, 3.8) is 0 Å². The van der Waals surface area contributed by atoms with Gasteiger partial charge in [-0.1, -0.05) is 0 Å². The number of hydrogen-bond donors (Lipinski definition) is 3. The van der Waals surface area contributed by atoms with Crippen LogP contribution in [0.1, 0.15) is 23.2 Å². The molecule has 0 aliphatic carbocycles. The summed E-state index contributed by atoms with van der Waals surface area (Å²) in [5.41, 5.74) is -0.128. The highest BCUT2D eigenvalue weighted by molar-refractivity contribution is 5.94. The molecule has 0 radical (unpaired) electrons. The van der Waals surface area contributed by atoms with Gasteiger partial charge in [0.1, 0.15) is 11.6 Å². The summed E-state index contributed by atoms with van der Waals surface area (Å²) >= 11 is 0. The molecular weight excluding hydrogens is 239 g/mol. The summed E-state index contributed by atoms with van der Waals surface area (Å²) < 4.78 is 13.4. The number of carbonyl (C=O) groups excluding carboxylic acids is 2. The molecule has 1 aliphatic heterocycles. The molecule has 1 fully saturated rings. The fraction of sp³-hybridized carbons (Fsp3) is 0.333. The van der Waals surface area contributed by atoms with Crippen LogP contribution in [-0.2, 0) is 4.79 Å². The fourth-order valence-electron chi connectivity index (χ4n) is 1.83. The first kappa shape index (κ1) is 12.3. The first-order valence-electron chi connectivity index (χ1n) is 5.62. The quantitative estimate of drug-likeness (QED) is 0.734. The molecule has 3 N–H and O–H groups in total. The molecule has 1 aromatic rings. The van der Waals surface area contributed by atoms with Crippen LogP contribution in [0, 0.1) is 5.82 Å². The SMILES string of the molecule is O=C1CCC(CNC(=O)c2ccc(O)cc2F)N1. The molecule has 6 heteroatoms. The van der Waals surface area contributed by atoms with Crippen LogP contribution < -0.4 is 10.6 Å². The average Bonchev–Trinajstić information content (AvgIpc) is 2.72. The Bertz CT molecular complexity index is 490. The van der Waals surface area contributed by atoms with E-state index in [0.29, 0.717) is 12.8 Å². The van der Waals surface area contributed by atoms with Gasteiger partial charge >= 0.3 is 0 Å². The zero-order valence-electron chi connectivity index (χ0n) is 9.57. The monoisotopic (exact) mass is 252 g/mol. The molecule has 1 atom stereocenters. The largest absolute Gasteiger partial charge is 0.508 e. The van der Waals surface area contributed by atoms with Gasteiger partial charge in [0.2, 0.25) is 5.91 Å². The van der Waals surface area contributed by atoms with Gasteiger partial charge in [-0.2, -0.15) is 0 Å². The van der Waals surface area contributed by atoms with Crippen LogP contribution in [0.3, 0.4) is 0 Å². The molecule has 2 amide bonds. The van der Waals surface area contributed by atoms with E-state index in [9.17, 15) is 14.0 Å². The number of nitrogens with one attached hydrogen (secondary N) is 2. The minimum absolute atomic E-state index is 0.0370. The summed E-state index contributed by atoms with van der Waals surface area (Å²) in [5, 5.41) is 14.3. The number of rotatable bonds is 3. The molecular formula is C12H13FN2O3. The van der Waals surface area contributed by atoms with Crippen LogP contribution in [0.4, 0.5) is 4.39 Å². The first-order valence-corrected chi connectivity index (χ1v) is 5.62. The molecule has 0 bridgehead atoms. The second kappa shape index (κ2) is 5.03. The number of hydrogen-bond acceptors (Lipinski definition) is 3. The van der Waals surface area contributed by atoms with Gasteiger partial charge in [-0.25, -0.2) is 4.39 Å². The van der Waals surface area contributed by atoms with Crippen LogP contribution >= 0.6 is 0 Å². The van der Waals surface area contributed by atoms with E-state index in [1.807, 2.05) is 0 Å². The summed E-state index contributed by atoms with van der Waals surface area (Å²) in [6.45, 7) is 0.269. The molecule has 1 aromatic carbocycles. The summed E-state index contributed by atoms with van der Waals surface area (Å²) in [4.78, 5) is 22.6. The standard InChI is InChI=1S/C12H13FN2O3/c13-10-5-8(16)2-3-9(10)12(18)14-6-7-1-4-11(17)15-7/h2-3,5,7,16H,1,4,6H2,(H,14,18)(H,15,17). The molecule has 0 spiro atoms. The predicted octanol–water partition coefficient (Wildman–Crippen LogP) is 0.540. The molecule has 96 valence electrons. The van der Waals surface area contributed by atoms with E-state index < -0.39 is 11.7 Å². The van der Waals surface area contributed by atoms with E-state index in [4.69, 9.17) is 5.11 Å². The van der Waals surface area contributed by atoms with E-state index in [0.717, 1.165) is 6.07 Å². The van der Waals surface area contributed by atoms with Crippen LogP contribution in [0.5, 0.6) is 5.75 Å². The van der Waals surface area contributed by atoms with Crippen molar-refractivity contribution in [1.82, 2.24) is 10.6 Å². The molecule has 18 heavy (non-hydrogen) atoms. The maximum absolute atomic E-state index is 13.4. The number of benzene rings is 1. The zero-order valence-corrected chi connectivity index (χ0v) is 9.57. The zero-order chi connectivity index (χ0) is 13.1. The Kier molecular flexibility index (Phi) is 3.45. The normalized spacial score (nSPS) is 18.5. The highest BCUT2D eigenvalue weighted by Crippen LogP contribution is 2.15. The summed E-state index contributed by atoms with van der Waals surface area (Å²) in [7, 11) is 0. The van der Waals surface area contributed by atoms with Crippen LogP contribution in [-0.4, -0.2) is 29.5 Å². The Morgan fingerprint density at radius 3 is 2.94 bits per heavy atom. The Balaban J connectivity index is 1.93. The van der Waals surface area contributed by atoms with Gasteiger partial charge in [-0.3, -0.25) is 9.59 Å². The molecule has 0 aromatic heterocycles. The van der Waals surface area contributed by atoms with Crippen LogP contribution in [0.25, 0.3) is 0 Å². The molecule has 1 unspecified atom stereocenters. The van der Waals surface area contributed by atoms with Gasteiger partial charge in [0.15, 0.2) is 0 Å². The third kappa shape index (κ3) is 2.77. The number of phenolic OH excluding ortho intramolecular Hbond substituents is 1. The Labute approximate surface area is 103 Å².